The standard InChI is InChI=1S/C13H16ClN5O3/c1-8(6-21-2)16-13(20)9-4-10(14)11(5-12(9)22-3)19-7-15-17-18-19/h4-5,7-8H,6H2,1-3H3,(H,16,20)/t8-/m0/s1. The number of nitrogens with one attached hydrogen (secondary N) is 1. The lowest BCUT2D eigenvalue weighted by Crippen LogP contribution is -2.35. The fourth-order valence-corrected chi connectivity index (χ4v) is 2.18. The number of carbonyl (C=O) groups is 1. The van der Waals surface area contributed by atoms with Gasteiger partial charge >= 0.3 is 0 Å². The number of ether oxygens (including phenoxy) is 2. The van der Waals surface area contributed by atoms with E-state index in [0.717, 1.165) is 0 Å². The van der Waals surface area contributed by atoms with Gasteiger partial charge in [-0.3, -0.25) is 4.79 Å². The molecule has 1 N–H and O–H groups in total. The van der Waals surface area contributed by atoms with Crippen molar-refractivity contribution in [2.24, 2.45) is 0 Å². The van der Waals surface area contributed by atoms with E-state index >= 15 is 0 Å². The van der Waals surface area contributed by atoms with Crippen molar-refractivity contribution in [2.45, 2.75) is 13.0 Å². The van der Waals surface area contributed by atoms with E-state index in [1.807, 2.05) is 6.92 Å². The summed E-state index contributed by atoms with van der Waals surface area (Å²) in [6.45, 7) is 2.25. The molecule has 1 aromatic heterocycles. The van der Waals surface area contributed by atoms with Gasteiger partial charge in [0.2, 0.25) is 0 Å². The van der Waals surface area contributed by atoms with Gasteiger partial charge in [0.1, 0.15) is 12.1 Å². The molecule has 0 saturated carbocycles. The molecule has 0 unspecified atom stereocenters. The van der Waals surface area contributed by atoms with Gasteiger partial charge in [-0.1, -0.05) is 11.6 Å². The second-order valence-electron chi connectivity index (χ2n) is 4.59. The highest BCUT2D eigenvalue weighted by molar-refractivity contribution is 6.33. The molecule has 8 nitrogen and oxygen atoms in total. The number of aromatic nitrogens is 4. The van der Waals surface area contributed by atoms with E-state index in [-0.39, 0.29) is 11.9 Å². The Bertz CT molecular complexity index is 647. The maximum Gasteiger partial charge on any atom is 0.255 e. The van der Waals surface area contributed by atoms with Gasteiger partial charge < -0.3 is 14.8 Å². The number of rotatable bonds is 6. The second kappa shape index (κ2) is 7.19. The van der Waals surface area contributed by atoms with Gasteiger partial charge in [0.15, 0.2) is 0 Å². The number of nitrogens with zero attached hydrogens (tertiary/aromatic N) is 4. The van der Waals surface area contributed by atoms with Crippen LogP contribution >= 0.6 is 11.6 Å². The topological polar surface area (TPSA) is 91.2 Å². The average molecular weight is 326 g/mol. The van der Waals surface area contributed by atoms with E-state index in [9.17, 15) is 4.79 Å². The van der Waals surface area contributed by atoms with Crippen LogP contribution in [0.3, 0.4) is 0 Å². The van der Waals surface area contributed by atoms with Crippen molar-refractivity contribution in [3.63, 3.8) is 0 Å². The summed E-state index contributed by atoms with van der Waals surface area (Å²) < 4.78 is 11.6. The van der Waals surface area contributed by atoms with E-state index in [1.165, 1.54) is 24.2 Å². The predicted molar refractivity (Wildman–Crippen MR) is 79.5 cm³/mol. The first kappa shape index (κ1) is 16.2. The number of amides is 1. The third-order valence-electron chi connectivity index (χ3n) is 2.90. The monoisotopic (exact) mass is 325 g/mol. The van der Waals surface area contributed by atoms with Gasteiger partial charge in [-0.2, -0.15) is 4.68 Å². The Balaban J connectivity index is 2.32. The van der Waals surface area contributed by atoms with E-state index < -0.39 is 0 Å². The minimum atomic E-state index is -0.299. The highest BCUT2D eigenvalue weighted by Gasteiger charge is 2.18. The number of hydrogen-bond acceptors (Lipinski definition) is 6. The molecule has 2 aromatic rings. The molecule has 2 rings (SSSR count). The molecule has 0 radical (unpaired) electrons. The highest BCUT2D eigenvalue weighted by atomic mass is 35.5. The lowest BCUT2D eigenvalue weighted by molar-refractivity contribution is 0.0902. The van der Waals surface area contributed by atoms with Crippen LogP contribution in [-0.4, -0.2) is 53.0 Å². The molecule has 1 amide bonds. The van der Waals surface area contributed by atoms with E-state index in [0.29, 0.717) is 28.6 Å². The average Bonchev–Trinajstić information content (AvgIpc) is 3.01. The lowest BCUT2D eigenvalue weighted by Gasteiger charge is -2.15. The summed E-state index contributed by atoms with van der Waals surface area (Å²) in [6, 6.07) is 2.99. The zero-order chi connectivity index (χ0) is 16.1. The Hall–Kier alpha value is -2.19. The molecule has 0 saturated heterocycles. The summed E-state index contributed by atoms with van der Waals surface area (Å²) in [6.07, 6.45) is 1.40. The molecule has 0 fully saturated rings. The van der Waals surface area contributed by atoms with Crippen molar-refractivity contribution in [1.29, 1.82) is 0 Å². The molecule has 0 aliphatic rings. The molecule has 1 heterocycles. The molecule has 9 heteroatoms. The van der Waals surface area contributed by atoms with E-state index in [1.54, 1.807) is 13.2 Å². The zero-order valence-electron chi connectivity index (χ0n) is 12.4. The summed E-state index contributed by atoms with van der Waals surface area (Å²) in [5.41, 5.74) is 0.845. The van der Waals surface area contributed by atoms with Crippen LogP contribution in [-0.2, 0) is 4.74 Å². The molecule has 0 bridgehead atoms. The van der Waals surface area contributed by atoms with Gasteiger partial charge in [0.05, 0.1) is 30.0 Å². The Morgan fingerprint density at radius 2 is 2.23 bits per heavy atom. The summed E-state index contributed by atoms with van der Waals surface area (Å²) in [4.78, 5) is 12.3. The van der Waals surface area contributed by atoms with Crippen molar-refractivity contribution in [3.8, 4) is 11.4 Å². The smallest absolute Gasteiger partial charge is 0.255 e. The zero-order valence-corrected chi connectivity index (χ0v) is 13.2. The minimum Gasteiger partial charge on any atom is -0.496 e. The van der Waals surface area contributed by atoms with Crippen molar-refractivity contribution in [2.75, 3.05) is 20.8 Å². The molecular weight excluding hydrogens is 310 g/mol. The number of benzene rings is 1. The third-order valence-corrected chi connectivity index (χ3v) is 3.21. The molecule has 0 spiro atoms. The van der Waals surface area contributed by atoms with Gasteiger partial charge in [0.25, 0.3) is 5.91 Å². The fraction of sp³-hybridized carbons (Fsp3) is 0.385. The van der Waals surface area contributed by atoms with Crippen molar-refractivity contribution >= 4 is 17.5 Å². The number of carbonyl (C=O) groups excluding carboxylic acids is 1. The van der Waals surface area contributed by atoms with Gasteiger partial charge in [-0.15, -0.1) is 5.10 Å². The lowest BCUT2D eigenvalue weighted by atomic mass is 10.1. The first-order valence-electron chi connectivity index (χ1n) is 6.47. The number of tetrazole rings is 1. The van der Waals surface area contributed by atoms with Crippen LogP contribution in [0.4, 0.5) is 0 Å². The maximum absolute atomic E-state index is 12.3. The van der Waals surface area contributed by atoms with Crippen LogP contribution in [0.25, 0.3) is 5.69 Å². The summed E-state index contributed by atoms with van der Waals surface area (Å²) in [7, 11) is 3.04. The normalized spacial score (nSPS) is 12.0. The van der Waals surface area contributed by atoms with E-state index in [2.05, 4.69) is 20.8 Å². The first-order chi connectivity index (χ1) is 10.6. The first-order valence-corrected chi connectivity index (χ1v) is 6.85. The molecule has 0 aliphatic heterocycles. The van der Waals surface area contributed by atoms with Crippen molar-refractivity contribution in [1.82, 2.24) is 25.5 Å². The van der Waals surface area contributed by atoms with Gasteiger partial charge in [-0.25, -0.2) is 0 Å². The van der Waals surface area contributed by atoms with Crippen LogP contribution in [0.1, 0.15) is 17.3 Å². The van der Waals surface area contributed by atoms with E-state index in [4.69, 9.17) is 21.1 Å². The number of halogens is 1. The molecular formula is C13H16ClN5O3. The van der Waals surface area contributed by atoms with Crippen LogP contribution < -0.4 is 10.1 Å². The molecule has 1 atom stereocenters. The van der Waals surface area contributed by atoms with Crippen molar-refractivity contribution < 1.29 is 14.3 Å². The van der Waals surface area contributed by atoms with Crippen LogP contribution in [0, 0.1) is 0 Å². The Morgan fingerprint density at radius 1 is 1.45 bits per heavy atom. The van der Waals surface area contributed by atoms with Crippen molar-refractivity contribution in [3.05, 3.63) is 29.0 Å². The number of hydrogen-bond donors (Lipinski definition) is 1. The van der Waals surface area contributed by atoms with Crippen LogP contribution in [0.2, 0.25) is 5.02 Å². The largest absolute Gasteiger partial charge is 0.496 e. The fourth-order valence-electron chi connectivity index (χ4n) is 1.93. The predicted octanol–water partition coefficient (Wildman–Crippen LogP) is 1.09. The molecule has 1 aromatic carbocycles. The number of methoxy groups -OCH3 is 2. The SMILES string of the molecule is COC[C@H](C)NC(=O)c1cc(Cl)c(-n2cnnn2)cc1OC. The highest BCUT2D eigenvalue weighted by Crippen LogP contribution is 2.29. The molecule has 118 valence electrons. The Morgan fingerprint density at radius 3 is 2.82 bits per heavy atom. The minimum absolute atomic E-state index is 0.139. The third kappa shape index (κ3) is 3.52. The Labute approximate surface area is 132 Å². The molecule has 0 aliphatic carbocycles. The van der Waals surface area contributed by atoms with Crippen LogP contribution in [0.5, 0.6) is 5.75 Å². The quantitative estimate of drug-likeness (QED) is 0.855. The second-order valence-corrected chi connectivity index (χ2v) is 5.00. The maximum atomic E-state index is 12.3. The Kier molecular flexibility index (Phi) is 5.29. The summed E-state index contributed by atoms with van der Waals surface area (Å²) >= 11 is 6.21. The van der Waals surface area contributed by atoms with Gasteiger partial charge in [-0.05, 0) is 23.4 Å². The summed E-state index contributed by atoms with van der Waals surface area (Å²) in [5, 5.41) is 14.0. The summed E-state index contributed by atoms with van der Waals surface area (Å²) in [5.74, 6) is 0.0728. The molecule has 22 heavy (non-hydrogen) atoms. The van der Waals surface area contributed by atoms with Crippen LogP contribution in [0.15, 0.2) is 18.5 Å². The van der Waals surface area contributed by atoms with Gasteiger partial charge in [0, 0.05) is 19.2 Å².